The summed E-state index contributed by atoms with van der Waals surface area (Å²) in [7, 11) is -3.43. The number of rotatable bonds is 3. The van der Waals surface area contributed by atoms with Crippen molar-refractivity contribution >= 4 is 27.4 Å². The van der Waals surface area contributed by atoms with Crippen LogP contribution >= 0.6 is 11.6 Å². The van der Waals surface area contributed by atoms with E-state index in [0.717, 1.165) is 10.2 Å². The number of hydrogen-bond donors (Lipinski definition) is 0. The van der Waals surface area contributed by atoms with Crippen molar-refractivity contribution in [1.82, 2.24) is 3.97 Å². The number of carbonyl (C=O) groups is 1. The summed E-state index contributed by atoms with van der Waals surface area (Å²) in [6, 6.07) is 2.99. The minimum absolute atomic E-state index is 0.0692. The molecule has 14 heavy (non-hydrogen) atoms. The highest BCUT2D eigenvalue weighted by atomic mass is 35.5. The van der Waals surface area contributed by atoms with Crippen LogP contribution in [0.5, 0.6) is 0 Å². The van der Waals surface area contributed by atoms with Crippen molar-refractivity contribution in [2.45, 2.75) is 13.3 Å². The molecule has 1 rings (SSSR count). The third-order valence-corrected chi connectivity index (χ3v) is 3.12. The monoisotopic (exact) mass is 235 g/mol. The normalized spacial score (nSPS) is 11.6. The second kappa shape index (κ2) is 3.74. The summed E-state index contributed by atoms with van der Waals surface area (Å²) in [4.78, 5) is 10.9. The molecule has 0 radical (unpaired) electrons. The fourth-order valence-electron chi connectivity index (χ4n) is 1.19. The van der Waals surface area contributed by atoms with Crippen molar-refractivity contribution in [3.05, 3.63) is 23.0 Å². The van der Waals surface area contributed by atoms with Crippen molar-refractivity contribution < 1.29 is 13.2 Å². The van der Waals surface area contributed by atoms with E-state index < -0.39 is 10.0 Å². The molecule has 4 nitrogen and oxygen atoms in total. The number of hydrogen-bond acceptors (Lipinski definition) is 3. The van der Waals surface area contributed by atoms with Crippen molar-refractivity contribution in [3.8, 4) is 0 Å². The van der Waals surface area contributed by atoms with E-state index in [1.165, 1.54) is 19.1 Å². The molecule has 1 aromatic heterocycles. The molecule has 0 aliphatic heterocycles. The Morgan fingerprint density at radius 3 is 2.50 bits per heavy atom. The lowest BCUT2D eigenvalue weighted by Crippen LogP contribution is -2.15. The molecule has 0 aliphatic rings. The standard InChI is InChI=1S/C8H10ClNO3S/c1-6(11)5-7-3-4-8(9)10(7)14(2,12)13/h3-4H,5H2,1-2H3. The Bertz CT molecular complexity index is 461. The van der Waals surface area contributed by atoms with Crippen LogP contribution in [0.25, 0.3) is 0 Å². The maximum Gasteiger partial charge on any atom is 0.237 e. The number of halogens is 1. The molecule has 0 unspecified atom stereocenters. The largest absolute Gasteiger partial charge is 0.300 e. The van der Waals surface area contributed by atoms with Crippen molar-refractivity contribution in [2.75, 3.05) is 6.26 Å². The van der Waals surface area contributed by atoms with E-state index in [1.54, 1.807) is 0 Å². The van der Waals surface area contributed by atoms with E-state index in [9.17, 15) is 13.2 Å². The molecule has 0 saturated carbocycles. The number of nitrogens with zero attached hydrogens (tertiary/aromatic N) is 1. The molecule has 6 heteroatoms. The number of aromatic nitrogens is 1. The van der Waals surface area contributed by atoms with Crippen molar-refractivity contribution in [3.63, 3.8) is 0 Å². The molecule has 0 N–H and O–H groups in total. The van der Waals surface area contributed by atoms with Gasteiger partial charge in [0.1, 0.15) is 10.9 Å². The highest BCUT2D eigenvalue weighted by Crippen LogP contribution is 2.17. The maximum absolute atomic E-state index is 11.3. The average molecular weight is 236 g/mol. The fourth-order valence-corrected chi connectivity index (χ4v) is 2.67. The molecule has 1 aromatic rings. The second-order valence-corrected chi connectivity index (χ2v) is 5.27. The first-order chi connectivity index (χ1) is 6.32. The molecular formula is C8H10ClNO3S. The zero-order chi connectivity index (χ0) is 10.9. The lowest BCUT2D eigenvalue weighted by atomic mass is 10.2. The van der Waals surface area contributed by atoms with Gasteiger partial charge in [-0.05, 0) is 19.1 Å². The van der Waals surface area contributed by atoms with Gasteiger partial charge in [-0.1, -0.05) is 11.6 Å². The first-order valence-electron chi connectivity index (χ1n) is 3.88. The Hall–Kier alpha value is -0.810. The molecule has 0 amide bonds. The number of ketones is 1. The van der Waals surface area contributed by atoms with Crippen LogP contribution in [-0.2, 0) is 21.2 Å². The topological polar surface area (TPSA) is 56.1 Å². The van der Waals surface area contributed by atoms with E-state index in [1.807, 2.05) is 0 Å². The highest BCUT2D eigenvalue weighted by Gasteiger charge is 2.15. The summed E-state index contributed by atoms with van der Waals surface area (Å²) in [6.07, 6.45) is 1.11. The molecule has 0 spiro atoms. The van der Waals surface area contributed by atoms with Gasteiger partial charge >= 0.3 is 0 Å². The van der Waals surface area contributed by atoms with Crippen LogP contribution in [0.3, 0.4) is 0 Å². The number of carbonyl (C=O) groups excluding carboxylic acids is 1. The predicted molar refractivity (Wildman–Crippen MR) is 54.1 cm³/mol. The summed E-state index contributed by atoms with van der Waals surface area (Å²) < 4.78 is 23.5. The summed E-state index contributed by atoms with van der Waals surface area (Å²) in [5, 5.41) is 0.101. The third-order valence-electron chi connectivity index (χ3n) is 1.63. The Morgan fingerprint density at radius 2 is 2.07 bits per heavy atom. The van der Waals surface area contributed by atoms with Gasteiger partial charge in [0, 0.05) is 12.1 Å². The van der Waals surface area contributed by atoms with E-state index in [-0.39, 0.29) is 17.4 Å². The van der Waals surface area contributed by atoms with Gasteiger partial charge in [-0.15, -0.1) is 0 Å². The van der Waals surface area contributed by atoms with Gasteiger partial charge in [0.05, 0.1) is 6.26 Å². The molecule has 78 valence electrons. The Kier molecular flexibility index (Phi) is 3.01. The quantitative estimate of drug-likeness (QED) is 0.788. The smallest absolute Gasteiger partial charge is 0.237 e. The van der Waals surface area contributed by atoms with Crippen LogP contribution < -0.4 is 0 Å². The maximum atomic E-state index is 11.3. The van der Waals surface area contributed by atoms with Crippen LogP contribution in [-0.4, -0.2) is 24.4 Å². The number of Topliss-reactive ketones (excluding diaryl/α,β-unsaturated/α-hetero) is 1. The predicted octanol–water partition coefficient (Wildman–Crippen LogP) is 1.08. The molecular weight excluding hydrogens is 226 g/mol. The van der Waals surface area contributed by atoms with Crippen LogP contribution in [0, 0.1) is 0 Å². The molecule has 0 aliphatic carbocycles. The molecule has 0 bridgehead atoms. The lowest BCUT2D eigenvalue weighted by Gasteiger charge is -2.06. The summed E-state index contributed by atoms with van der Waals surface area (Å²) in [5.41, 5.74) is 0.394. The Morgan fingerprint density at radius 1 is 1.50 bits per heavy atom. The fraction of sp³-hybridized carbons (Fsp3) is 0.375. The first-order valence-corrected chi connectivity index (χ1v) is 6.11. The first kappa shape index (κ1) is 11.3. The average Bonchev–Trinajstić information content (AvgIpc) is 2.28. The van der Waals surface area contributed by atoms with E-state index in [0.29, 0.717) is 5.69 Å². The summed E-state index contributed by atoms with van der Waals surface area (Å²) in [6.45, 7) is 1.40. The van der Waals surface area contributed by atoms with Gasteiger partial charge < -0.3 is 0 Å². The van der Waals surface area contributed by atoms with Gasteiger partial charge in [0.25, 0.3) is 0 Å². The molecule has 0 atom stereocenters. The van der Waals surface area contributed by atoms with Gasteiger partial charge in [0.2, 0.25) is 10.0 Å². The molecule has 0 saturated heterocycles. The van der Waals surface area contributed by atoms with Gasteiger partial charge in [0.15, 0.2) is 0 Å². The van der Waals surface area contributed by atoms with E-state index >= 15 is 0 Å². The van der Waals surface area contributed by atoms with Crippen LogP contribution in [0.15, 0.2) is 12.1 Å². The lowest BCUT2D eigenvalue weighted by molar-refractivity contribution is -0.116. The highest BCUT2D eigenvalue weighted by molar-refractivity contribution is 7.89. The zero-order valence-electron chi connectivity index (χ0n) is 7.82. The minimum Gasteiger partial charge on any atom is -0.300 e. The van der Waals surface area contributed by atoms with E-state index in [4.69, 9.17) is 11.6 Å². The Labute approximate surface area is 87.5 Å². The van der Waals surface area contributed by atoms with Crippen molar-refractivity contribution in [1.29, 1.82) is 0 Å². The molecule has 0 aromatic carbocycles. The van der Waals surface area contributed by atoms with Crippen LogP contribution in [0.1, 0.15) is 12.6 Å². The van der Waals surface area contributed by atoms with Gasteiger partial charge in [-0.25, -0.2) is 12.4 Å². The third kappa shape index (κ3) is 2.36. The SMILES string of the molecule is CC(=O)Cc1ccc(Cl)n1S(C)(=O)=O. The van der Waals surface area contributed by atoms with Crippen LogP contribution in [0.2, 0.25) is 5.15 Å². The van der Waals surface area contributed by atoms with Gasteiger partial charge in [-0.3, -0.25) is 4.79 Å². The minimum atomic E-state index is -3.43. The van der Waals surface area contributed by atoms with Crippen molar-refractivity contribution in [2.24, 2.45) is 0 Å². The van der Waals surface area contributed by atoms with E-state index in [2.05, 4.69) is 0 Å². The van der Waals surface area contributed by atoms with Gasteiger partial charge in [-0.2, -0.15) is 0 Å². The molecule has 1 heterocycles. The second-order valence-electron chi connectivity index (χ2n) is 3.05. The molecule has 0 fully saturated rings. The summed E-state index contributed by atoms with van der Waals surface area (Å²) in [5.74, 6) is -0.107. The Balaban J connectivity index is 3.27. The zero-order valence-corrected chi connectivity index (χ0v) is 9.39. The summed E-state index contributed by atoms with van der Waals surface area (Å²) >= 11 is 5.69. The van der Waals surface area contributed by atoms with Crippen LogP contribution in [0.4, 0.5) is 0 Å².